The molecule has 0 bridgehead atoms. The number of carbonyl (C=O) groups is 2. The first-order valence-electron chi connectivity index (χ1n) is 5.04. The molecule has 1 rings (SSSR count). The Morgan fingerprint density at radius 2 is 2.18 bits per heavy atom. The maximum absolute atomic E-state index is 11.8. The third kappa shape index (κ3) is 3.23. The van der Waals surface area contributed by atoms with Crippen molar-refractivity contribution in [3.05, 3.63) is 23.5 Å². The van der Waals surface area contributed by atoms with Crippen LogP contribution < -0.4 is 5.73 Å². The number of allylic oxidation sites excluding steroid dienone is 1. The summed E-state index contributed by atoms with van der Waals surface area (Å²) in [6, 6.07) is 0. The second kappa shape index (κ2) is 4.79. The van der Waals surface area contributed by atoms with E-state index in [-0.39, 0.29) is 11.3 Å². The largest absolute Gasteiger partial charge is 0.443 e. The van der Waals surface area contributed by atoms with Crippen LogP contribution in [0.15, 0.2) is 23.5 Å². The topological polar surface area (TPSA) is 72.6 Å². The number of alkyl halides is 1. The summed E-state index contributed by atoms with van der Waals surface area (Å²) in [6.45, 7) is 5.23. The van der Waals surface area contributed by atoms with E-state index in [2.05, 4.69) is 0 Å². The SMILES string of the molecule is CC(C)(C)OC(=O)N1C=CC(N)=C(C=O)C1Cl. The van der Waals surface area contributed by atoms with Gasteiger partial charge in [-0.1, -0.05) is 11.6 Å². The van der Waals surface area contributed by atoms with Crippen LogP contribution in [-0.2, 0) is 9.53 Å². The van der Waals surface area contributed by atoms with Gasteiger partial charge in [0.1, 0.15) is 11.1 Å². The van der Waals surface area contributed by atoms with E-state index in [1.807, 2.05) is 0 Å². The Kier molecular flexibility index (Phi) is 3.83. The molecule has 2 N–H and O–H groups in total. The van der Waals surface area contributed by atoms with Gasteiger partial charge in [-0.05, 0) is 26.8 Å². The summed E-state index contributed by atoms with van der Waals surface area (Å²) in [5.74, 6) is 0. The molecule has 1 unspecified atom stereocenters. The highest BCUT2D eigenvalue weighted by Crippen LogP contribution is 2.23. The molecule has 6 heteroatoms. The number of aldehydes is 1. The van der Waals surface area contributed by atoms with E-state index < -0.39 is 17.2 Å². The molecule has 0 fully saturated rings. The average Bonchev–Trinajstić information content (AvgIpc) is 2.15. The van der Waals surface area contributed by atoms with E-state index in [0.29, 0.717) is 6.29 Å². The van der Waals surface area contributed by atoms with Crippen molar-refractivity contribution >= 4 is 24.0 Å². The zero-order valence-corrected chi connectivity index (χ0v) is 10.7. The molecule has 0 aliphatic carbocycles. The first-order chi connectivity index (χ1) is 7.76. The lowest BCUT2D eigenvalue weighted by Crippen LogP contribution is -2.40. The first kappa shape index (κ1) is 13.6. The van der Waals surface area contributed by atoms with Crippen LogP contribution >= 0.6 is 11.6 Å². The zero-order valence-electron chi connectivity index (χ0n) is 9.94. The summed E-state index contributed by atoms with van der Waals surface area (Å²) in [7, 11) is 0. The summed E-state index contributed by atoms with van der Waals surface area (Å²) in [4.78, 5) is 23.7. The molecule has 1 aliphatic heterocycles. The van der Waals surface area contributed by atoms with Gasteiger partial charge in [-0.25, -0.2) is 4.79 Å². The highest BCUT2D eigenvalue weighted by Gasteiger charge is 2.30. The fourth-order valence-corrected chi connectivity index (χ4v) is 1.53. The average molecular weight is 259 g/mol. The second-order valence-corrected chi connectivity index (χ2v) is 4.98. The molecule has 0 aromatic carbocycles. The van der Waals surface area contributed by atoms with Gasteiger partial charge in [0, 0.05) is 11.9 Å². The molecule has 5 nitrogen and oxygen atoms in total. The summed E-state index contributed by atoms with van der Waals surface area (Å²) >= 11 is 5.97. The van der Waals surface area contributed by atoms with Crippen molar-refractivity contribution in [2.24, 2.45) is 5.73 Å². The highest BCUT2D eigenvalue weighted by molar-refractivity contribution is 6.25. The summed E-state index contributed by atoms with van der Waals surface area (Å²) in [5.41, 5.74) is 4.40. The van der Waals surface area contributed by atoms with E-state index in [1.54, 1.807) is 20.8 Å². The fourth-order valence-electron chi connectivity index (χ4n) is 1.21. The monoisotopic (exact) mass is 258 g/mol. The van der Waals surface area contributed by atoms with Crippen LogP contribution in [0.1, 0.15) is 20.8 Å². The predicted octanol–water partition coefficient (Wildman–Crippen LogP) is 1.73. The van der Waals surface area contributed by atoms with Gasteiger partial charge in [0.15, 0.2) is 6.29 Å². The molecule has 17 heavy (non-hydrogen) atoms. The van der Waals surface area contributed by atoms with Gasteiger partial charge >= 0.3 is 6.09 Å². The van der Waals surface area contributed by atoms with Crippen LogP contribution in [0.25, 0.3) is 0 Å². The normalized spacial score (nSPS) is 20.5. The van der Waals surface area contributed by atoms with Crippen molar-refractivity contribution in [2.75, 3.05) is 0 Å². The zero-order chi connectivity index (χ0) is 13.2. The van der Waals surface area contributed by atoms with E-state index in [9.17, 15) is 9.59 Å². The third-order valence-corrected chi connectivity index (χ3v) is 2.43. The molecule has 1 amide bonds. The molecule has 1 atom stereocenters. The number of ether oxygens (including phenoxy) is 1. The minimum absolute atomic E-state index is 0.153. The van der Waals surface area contributed by atoms with Crippen molar-refractivity contribution in [3.63, 3.8) is 0 Å². The summed E-state index contributed by atoms with van der Waals surface area (Å²) in [6.07, 6.45) is 2.75. The Bertz CT molecular complexity index is 396. The molecule has 0 saturated carbocycles. The third-order valence-electron chi connectivity index (χ3n) is 1.98. The van der Waals surface area contributed by atoms with Gasteiger partial charge in [0.25, 0.3) is 0 Å². The fraction of sp³-hybridized carbons (Fsp3) is 0.455. The van der Waals surface area contributed by atoms with Gasteiger partial charge in [0.05, 0.1) is 5.57 Å². The Morgan fingerprint density at radius 1 is 1.59 bits per heavy atom. The number of hydrogen-bond donors (Lipinski definition) is 1. The molecule has 0 saturated heterocycles. The molecule has 0 aromatic heterocycles. The van der Waals surface area contributed by atoms with E-state index >= 15 is 0 Å². The standard InChI is InChI=1S/C11H15ClN2O3/c1-11(2,3)17-10(16)14-5-4-8(13)7(6-15)9(14)12/h4-6,9H,13H2,1-3H3. The van der Waals surface area contributed by atoms with Crippen LogP contribution in [0.4, 0.5) is 4.79 Å². The maximum Gasteiger partial charge on any atom is 0.415 e. The first-order valence-corrected chi connectivity index (χ1v) is 5.48. The minimum Gasteiger partial charge on any atom is -0.443 e. The van der Waals surface area contributed by atoms with Gasteiger partial charge in [-0.15, -0.1) is 0 Å². The number of hydrogen-bond acceptors (Lipinski definition) is 4. The van der Waals surface area contributed by atoms with Crippen molar-refractivity contribution in [3.8, 4) is 0 Å². The quantitative estimate of drug-likeness (QED) is 0.442. The van der Waals surface area contributed by atoms with Gasteiger partial charge in [-0.3, -0.25) is 9.69 Å². The number of carbonyl (C=O) groups excluding carboxylic acids is 2. The van der Waals surface area contributed by atoms with Crippen LogP contribution in [-0.4, -0.2) is 28.4 Å². The van der Waals surface area contributed by atoms with Gasteiger partial charge < -0.3 is 10.5 Å². The van der Waals surface area contributed by atoms with Crippen molar-refractivity contribution in [1.29, 1.82) is 0 Å². The number of halogens is 1. The lowest BCUT2D eigenvalue weighted by Gasteiger charge is -2.30. The van der Waals surface area contributed by atoms with E-state index in [0.717, 1.165) is 4.90 Å². The van der Waals surface area contributed by atoms with Crippen molar-refractivity contribution in [1.82, 2.24) is 4.90 Å². The smallest absolute Gasteiger partial charge is 0.415 e. The lowest BCUT2D eigenvalue weighted by atomic mass is 10.1. The van der Waals surface area contributed by atoms with E-state index in [4.69, 9.17) is 22.1 Å². The summed E-state index contributed by atoms with van der Waals surface area (Å²) in [5, 5.41) is 0. The van der Waals surface area contributed by atoms with Crippen LogP contribution in [0.3, 0.4) is 0 Å². The lowest BCUT2D eigenvalue weighted by molar-refractivity contribution is -0.105. The molecule has 1 aliphatic rings. The molecule has 0 spiro atoms. The molecular formula is C11H15ClN2O3. The Hall–Kier alpha value is -1.49. The minimum atomic E-state index is -0.938. The van der Waals surface area contributed by atoms with E-state index in [1.165, 1.54) is 12.3 Å². The number of nitrogens with two attached hydrogens (primary N) is 1. The molecular weight excluding hydrogens is 244 g/mol. The maximum atomic E-state index is 11.8. The van der Waals surface area contributed by atoms with Crippen molar-refractivity contribution in [2.45, 2.75) is 31.9 Å². The van der Waals surface area contributed by atoms with Gasteiger partial charge in [0.2, 0.25) is 0 Å². The summed E-state index contributed by atoms with van der Waals surface area (Å²) < 4.78 is 5.15. The predicted molar refractivity (Wildman–Crippen MR) is 64.1 cm³/mol. The Morgan fingerprint density at radius 3 is 2.65 bits per heavy atom. The van der Waals surface area contributed by atoms with Crippen molar-refractivity contribution < 1.29 is 14.3 Å². The van der Waals surface area contributed by atoms with Gasteiger partial charge in [-0.2, -0.15) is 0 Å². The molecule has 0 radical (unpaired) electrons. The van der Waals surface area contributed by atoms with Crippen LogP contribution in [0.5, 0.6) is 0 Å². The van der Waals surface area contributed by atoms with Crippen LogP contribution in [0, 0.1) is 0 Å². The molecule has 0 aromatic rings. The Labute approximate surface area is 105 Å². The number of amides is 1. The van der Waals surface area contributed by atoms with Crippen LogP contribution in [0.2, 0.25) is 0 Å². The Balaban J connectivity index is 2.87. The second-order valence-electron chi connectivity index (χ2n) is 4.57. The number of rotatable bonds is 1. The highest BCUT2D eigenvalue weighted by atomic mass is 35.5. The molecule has 1 heterocycles. The number of nitrogens with zero attached hydrogens (tertiary/aromatic N) is 1. The molecule has 94 valence electrons.